The molecule has 1 aliphatic rings. The van der Waals surface area contributed by atoms with E-state index in [1.165, 1.54) is 0 Å². The van der Waals surface area contributed by atoms with E-state index >= 15 is 0 Å². The van der Waals surface area contributed by atoms with Crippen LogP contribution in [0.15, 0.2) is 0 Å². The van der Waals surface area contributed by atoms with Crippen LogP contribution < -0.4 is 5.32 Å². The van der Waals surface area contributed by atoms with E-state index in [2.05, 4.69) is 12.2 Å². The molecule has 1 fully saturated rings. The molecule has 1 aliphatic carbocycles. The number of aliphatic hydroxyl groups excluding tert-OH is 1. The molecule has 4 heteroatoms. The number of rotatable bonds is 7. The Labute approximate surface area is 90.7 Å². The van der Waals surface area contributed by atoms with Gasteiger partial charge in [0, 0.05) is 0 Å². The molecule has 0 aromatic rings. The summed E-state index contributed by atoms with van der Waals surface area (Å²) in [4.78, 5) is 10.9. The van der Waals surface area contributed by atoms with E-state index in [1.807, 2.05) is 0 Å². The number of unbranched alkanes of at least 4 members (excludes halogenated alkanes) is 1. The Hall–Kier alpha value is -0.610. The first-order chi connectivity index (χ1) is 7.13. The molecule has 0 bridgehead atoms. The van der Waals surface area contributed by atoms with Crippen molar-refractivity contribution >= 4 is 5.97 Å². The molecule has 4 nitrogen and oxygen atoms in total. The lowest BCUT2D eigenvalue weighted by atomic mass is 9.82. The lowest BCUT2D eigenvalue weighted by Gasteiger charge is -2.32. The van der Waals surface area contributed by atoms with Crippen molar-refractivity contribution in [3.63, 3.8) is 0 Å². The van der Waals surface area contributed by atoms with Crippen molar-refractivity contribution in [3.8, 4) is 0 Å². The third kappa shape index (κ3) is 4.18. The van der Waals surface area contributed by atoms with E-state index in [0.29, 0.717) is 12.3 Å². The maximum Gasteiger partial charge on any atom is 0.320 e. The zero-order valence-corrected chi connectivity index (χ0v) is 9.28. The van der Waals surface area contributed by atoms with Crippen LogP contribution >= 0.6 is 0 Å². The average molecular weight is 215 g/mol. The van der Waals surface area contributed by atoms with Crippen molar-refractivity contribution in [1.82, 2.24) is 5.32 Å². The summed E-state index contributed by atoms with van der Waals surface area (Å²) in [6.45, 7) is 2.78. The molecular weight excluding hydrogens is 194 g/mol. The second-order valence-electron chi connectivity index (χ2n) is 4.43. The molecule has 0 aromatic heterocycles. The van der Waals surface area contributed by atoms with Gasteiger partial charge in [-0.15, -0.1) is 0 Å². The summed E-state index contributed by atoms with van der Waals surface area (Å²) >= 11 is 0. The highest BCUT2D eigenvalue weighted by atomic mass is 16.4. The van der Waals surface area contributed by atoms with Crippen molar-refractivity contribution in [2.24, 2.45) is 5.92 Å². The third-order valence-electron chi connectivity index (χ3n) is 3.01. The minimum absolute atomic E-state index is 0.157. The molecule has 15 heavy (non-hydrogen) atoms. The van der Waals surface area contributed by atoms with Crippen molar-refractivity contribution in [3.05, 3.63) is 0 Å². The topological polar surface area (TPSA) is 69.6 Å². The fourth-order valence-electron chi connectivity index (χ4n) is 1.90. The molecule has 1 rings (SSSR count). The van der Waals surface area contributed by atoms with Gasteiger partial charge in [0.25, 0.3) is 0 Å². The molecule has 0 saturated heterocycles. The zero-order chi connectivity index (χ0) is 11.3. The highest BCUT2D eigenvalue weighted by molar-refractivity contribution is 5.73. The van der Waals surface area contributed by atoms with Gasteiger partial charge in [-0.05, 0) is 31.7 Å². The molecule has 0 amide bonds. The van der Waals surface area contributed by atoms with Gasteiger partial charge in [-0.1, -0.05) is 19.8 Å². The van der Waals surface area contributed by atoms with Crippen LogP contribution in [0.1, 0.15) is 39.0 Å². The van der Waals surface area contributed by atoms with Crippen molar-refractivity contribution < 1.29 is 15.0 Å². The van der Waals surface area contributed by atoms with Gasteiger partial charge < -0.3 is 15.5 Å². The first kappa shape index (κ1) is 12.5. The number of carboxylic acids is 1. The van der Waals surface area contributed by atoms with Crippen molar-refractivity contribution in [1.29, 1.82) is 0 Å². The number of nitrogens with one attached hydrogen (secondary N) is 1. The van der Waals surface area contributed by atoms with Crippen LogP contribution in [0.2, 0.25) is 0 Å². The van der Waals surface area contributed by atoms with Gasteiger partial charge in [-0.3, -0.25) is 4.79 Å². The zero-order valence-electron chi connectivity index (χ0n) is 9.28. The smallest absolute Gasteiger partial charge is 0.320 e. The summed E-state index contributed by atoms with van der Waals surface area (Å²) in [5.41, 5.74) is 0. The lowest BCUT2D eigenvalue weighted by molar-refractivity contribution is -0.139. The molecule has 1 saturated carbocycles. The molecule has 0 spiro atoms. The Balaban J connectivity index is 2.16. The monoisotopic (exact) mass is 215 g/mol. The first-order valence-electron chi connectivity index (χ1n) is 5.77. The molecular formula is C11H21NO3. The van der Waals surface area contributed by atoms with Crippen LogP contribution in [0.5, 0.6) is 0 Å². The van der Waals surface area contributed by atoms with E-state index < -0.39 is 12.0 Å². The number of carbonyl (C=O) groups is 1. The SMILES string of the molecule is CCCCC(NCC1CC(O)C1)C(=O)O. The minimum Gasteiger partial charge on any atom is -0.480 e. The minimum atomic E-state index is -0.761. The highest BCUT2D eigenvalue weighted by Crippen LogP contribution is 2.26. The van der Waals surface area contributed by atoms with E-state index in [0.717, 1.165) is 32.2 Å². The molecule has 0 heterocycles. The summed E-state index contributed by atoms with van der Waals surface area (Å²) in [6, 6.07) is -0.414. The Morgan fingerprint density at radius 3 is 2.67 bits per heavy atom. The van der Waals surface area contributed by atoms with Gasteiger partial charge in [0.05, 0.1) is 6.10 Å². The average Bonchev–Trinajstić information content (AvgIpc) is 2.14. The van der Waals surface area contributed by atoms with Crippen LogP contribution in [0.3, 0.4) is 0 Å². The van der Waals surface area contributed by atoms with E-state index in [-0.39, 0.29) is 6.10 Å². The van der Waals surface area contributed by atoms with E-state index in [9.17, 15) is 4.79 Å². The first-order valence-corrected chi connectivity index (χ1v) is 5.77. The molecule has 1 unspecified atom stereocenters. The van der Waals surface area contributed by atoms with Gasteiger partial charge in [-0.25, -0.2) is 0 Å². The van der Waals surface area contributed by atoms with E-state index in [4.69, 9.17) is 10.2 Å². The summed E-state index contributed by atoms with van der Waals surface area (Å²) < 4.78 is 0. The molecule has 3 N–H and O–H groups in total. The Kier molecular flexibility index (Phi) is 5.05. The Bertz CT molecular complexity index is 202. The van der Waals surface area contributed by atoms with Crippen LogP contribution in [-0.2, 0) is 4.79 Å². The van der Waals surface area contributed by atoms with Gasteiger partial charge in [0.15, 0.2) is 0 Å². The molecule has 0 radical (unpaired) electrons. The van der Waals surface area contributed by atoms with Gasteiger partial charge in [-0.2, -0.15) is 0 Å². The second kappa shape index (κ2) is 6.08. The van der Waals surface area contributed by atoms with Crippen molar-refractivity contribution in [2.45, 2.75) is 51.2 Å². The number of aliphatic carboxylic acids is 1. The number of hydrogen-bond acceptors (Lipinski definition) is 3. The summed E-state index contributed by atoms with van der Waals surface area (Å²) in [5.74, 6) is -0.299. The van der Waals surface area contributed by atoms with Crippen LogP contribution in [0, 0.1) is 5.92 Å². The fourth-order valence-corrected chi connectivity index (χ4v) is 1.90. The van der Waals surface area contributed by atoms with Crippen molar-refractivity contribution in [2.75, 3.05) is 6.54 Å². The van der Waals surface area contributed by atoms with Crippen LogP contribution in [-0.4, -0.2) is 34.9 Å². The van der Waals surface area contributed by atoms with Crippen LogP contribution in [0.25, 0.3) is 0 Å². The number of carboxylic acid groups (broad SMARTS) is 1. The maximum atomic E-state index is 10.9. The highest BCUT2D eigenvalue weighted by Gasteiger charge is 2.28. The van der Waals surface area contributed by atoms with Crippen LogP contribution in [0.4, 0.5) is 0 Å². The third-order valence-corrected chi connectivity index (χ3v) is 3.01. The molecule has 1 atom stereocenters. The predicted molar refractivity (Wildman–Crippen MR) is 57.7 cm³/mol. The quantitative estimate of drug-likeness (QED) is 0.592. The second-order valence-corrected chi connectivity index (χ2v) is 4.43. The molecule has 88 valence electrons. The maximum absolute atomic E-state index is 10.9. The standard InChI is InChI=1S/C11H21NO3/c1-2-3-4-10(11(14)15)12-7-8-5-9(13)6-8/h8-10,12-13H,2-7H2,1H3,(H,14,15). The fraction of sp³-hybridized carbons (Fsp3) is 0.909. The lowest BCUT2D eigenvalue weighted by Crippen LogP contribution is -2.43. The normalized spacial score (nSPS) is 27.1. The summed E-state index contributed by atoms with van der Waals surface area (Å²) in [6.07, 6.45) is 4.13. The number of aliphatic hydroxyl groups is 1. The van der Waals surface area contributed by atoms with Gasteiger partial charge >= 0.3 is 5.97 Å². The summed E-state index contributed by atoms with van der Waals surface area (Å²) in [5, 5.41) is 21.1. The van der Waals surface area contributed by atoms with E-state index in [1.54, 1.807) is 0 Å². The largest absolute Gasteiger partial charge is 0.480 e. The Morgan fingerprint density at radius 1 is 1.53 bits per heavy atom. The van der Waals surface area contributed by atoms with Gasteiger partial charge in [0.2, 0.25) is 0 Å². The molecule has 0 aromatic carbocycles. The Morgan fingerprint density at radius 2 is 2.20 bits per heavy atom. The van der Waals surface area contributed by atoms with Gasteiger partial charge in [0.1, 0.15) is 6.04 Å². The molecule has 0 aliphatic heterocycles. The number of hydrogen-bond donors (Lipinski definition) is 3. The summed E-state index contributed by atoms with van der Waals surface area (Å²) in [7, 11) is 0. The predicted octanol–water partition coefficient (Wildman–Crippen LogP) is 0.990.